The second-order valence-corrected chi connectivity index (χ2v) is 4.89. The fourth-order valence-electron chi connectivity index (χ4n) is 2.20. The Bertz CT molecular complexity index is 397. The van der Waals surface area contributed by atoms with Crippen LogP contribution >= 0.6 is 0 Å². The van der Waals surface area contributed by atoms with Gasteiger partial charge in [-0.1, -0.05) is 25.3 Å². The minimum atomic E-state index is 0.00657. The molecule has 0 unspecified atom stereocenters. The van der Waals surface area contributed by atoms with Gasteiger partial charge in [-0.3, -0.25) is 9.59 Å². The fraction of sp³-hybridized carbons (Fsp3) is 0.600. The lowest BCUT2D eigenvalue weighted by atomic mass is 9.84. The number of rotatable bonds is 5. The molecule has 0 fully saturated rings. The van der Waals surface area contributed by atoms with Crippen LogP contribution in [0.4, 0.5) is 0 Å². The van der Waals surface area contributed by atoms with Crippen molar-refractivity contribution >= 4 is 11.6 Å². The molecule has 0 radical (unpaired) electrons. The molecule has 0 bridgehead atoms. The van der Waals surface area contributed by atoms with E-state index in [9.17, 15) is 9.59 Å². The Morgan fingerprint density at radius 3 is 2.35 bits per heavy atom. The molecule has 17 heavy (non-hydrogen) atoms. The molecule has 0 amide bonds. The summed E-state index contributed by atoms with van der Waals surface area (Å²) in [6.45, 7) is 7.96. The van der Waals surface area contributed by atoms with Gasteiger partial charge >= 0.3 is 0 Å². The first kappa shape index (κ1) is 13.9. The molecule has 0 aromatic carbocycles. The van der Waals surface area contributed by atoms with E-state index in [-0.39, 0.29) is 11.6 Å². The lowest BCUT2D eigenvalue weighted by molar-refractivity contribution is -0.121. The van der Waals surface area contributed by atoms with E-state index in [2.05, 4.69) is 6.92 Å². The van der Waals surface area contributed by atoms with Crippen LogP contribution in [0, 0.1) is 0 Å². The maximum Gasteiger partial charge on any atom is 0.170 e. The molecule has 0 spiro atoms. The second kappa shape index (κ2) is 5.95. The Kier molecular flexibility index (Phi) is 4.86. The molecule has 1 aliphatic carbocycles. The van der Waals surface area contributed by atoms with Crippen molar-refractivity contribution in [2.75, 3.05) is 0 Å². The van der Waals surface area contributed by atoms with Crippen LogP contribution in [0.5, 0.6) is 0 Å². The molecule has 0 saturated heterocycles. The zero-order chi connectivity index (χ0) is 13.0. The van der Waals surface area contributed by atoms with Gasteiger partial charge in [0.1, 0.15) is 0 Å². The van der Waals surface area contributed by atoms with Crippen LogP contribution in [-0.4, -0.2) is 11.6 Å². The third-order valence-corrected chi connectivity index (χ3v) is 3.57. The predicted octanol–water partition coefficient (Wildman–Crippen LogP) is 3.76. The Balaban J connectivity index is 2.87. The van der Waals surface area contributed by atoms with E-state index in [1.54, 1.807) is 0 Å². The van der Waals surface area contributed by atoms with Crippen molar-refractivity contribution in [3.8, 4) is 0 Å². The molecule has 1 rings (SSSR count). The molecule has 0 heterocycles. The maximum absolute atomic E-state index is 12.0. The maximum atomic E-state index is 12.0. The molecule has 1 aliphatic rings. The van der Waals surface area contributed by atoms with Crippen LogP contribution in [0.2, 0.25) is 0 Å². The Morgan fingerprint density at radius 2 is 1.76 bits per heavy atom. The zero-order valence-corrected chi connectivity index (χ0v) is 11.4. The van der Waals surface area contributed by atoms with E-state index in [1.807, 2.05) is 20.8 Å². The number of carbonyl (C=O) groups is 2. The molecule has 0 saturated carbocycles. The standard InChI is InChI=1S/C15H22O2/c1-5-6-7-8-13(16)15-12(4)11(3)10(2)9-14(15)17/h5-9H2,1-4H3. The Labute approximate surface area is 104 Å². The van der Waals surface area contributed by atoms with E-state index in [1.165, 1.54) is 0 Å². The number of Topliss-reactive ketones (excluding diaryl/α,β-unsaturated/α-hetero) is 2. The SMILES string of the molecule is CCCCCC(=O)C1=C(C)C(C)=C(C)CC1=O. The van der Waals surface area contributed by atoms with Crippen molar-refractivity contribution in [1.82, 2.24) is 0 Å². The fourth-order valence-corrected chi connectivity index (χ4v) is 2.20. The van der Waals surface area contributed by atoms with Crippen molar-refractivity contribution in [1.29, 1.82) is 0 Å². The van der Waals surface area contributed by atoms with E-state index >= 15 is 0 Å². The van der Waals surface area contributed by atoms with Crippen LogP contribution in [0.15, 0.2) is 22.3 Å². The van der Waals surface area contributed by atoms with Gasteiger partial charge in [0, 0.05) is 12.8 Å². The van der Waals surface area contributed by atoms with E-state index in [0.29, 0.717) is 18.4 Å². The monoisotopic (exact) mass is 234 g/mol. The van der Waals surface area contributed by atoms with Gasteiger partial charge in [0.2, 0.25) is 0 Å². The minimum Gasteiger partial charge on any atom is -0.294 e. The summed E-state index contributed by atoms with van der Waals surface area (Å²) in [5, 5.41) is 0. The molecule has 0 atom stereocenters. The smallest absolute Gasteiger partial charge is 0.170 e. The van der Waals surface area contributed by atoms with Crippen LogP contribution < -0.4 is 0 Å². The molecular weight excluding hydrogens is 212 g/mol. The summed E-state index contributed by atoms with van der Waals surface area (Å²) in [4.78, 5) is 24.0. The van der Waals surface area contributed by atoms with Gasteiger partial charge in [0.05, 0.1) is 5.57 Å². The summed E-state index contributed by atoms with van der Waals surface area (Å²) >= 11 is 0. The first-order valence-corrected chi connectivity index (χ1v) is 6.43. The largest absolute Gasteiger partial charge is 0.294 e. The van der Waals surface area contributed by atoms with Crippen LogP contribution in [0.3, 0.4) is 0 Å². The number of hydrogen-bond acceptors (Lipinski definition) is 2. The highest BCUT2D eigenvalue weighted by atomic mass is 16.1. The van der Waals surface area contributed by atoms with Crippen molar-refractivity contribution in [3.05, 3.63) is 22.3 Å². The lowest BCUT2D eigenvalue weighted by Crippen LogP contribution is -2.19. The topological polar surface area (TPSA) is 34.1 Å². The van der Waals surface area contributed by atoms with Crippen LogP contribution in [-0.2, 0) is 9.59 Å². The molecular formula is C15H22O2. The number of allylic oxidation sites excluding steroid dienone is 4. The van der Waals surface area contributed by atoms with Crippen molar-refractivity contribution < 1.29 is 9.59 Å². The summed E-state index contributed by atoms with van der Waals surface area (Å²) in [7, 11) is 0. The Hall–Kier alpha value is -1.18. The van der Waals surface area contributed by atoms with Gasteiger partial charge < -0.3 is 0 Å². The summed E-state index contributed by atoms with van der Waals surface area (Å²) in [5.74, 6) is 0.0416. The number of carbonyl (C=O) groups excluding carboxylic acids is 2. The molecule has 0 aliphatic heterocycles. The molecule has 0 aromatic heterocycles. The molecule has 2 heteroatoms. The Morgan fingerprint density at radius 1 is 1.12 bits per heavy atom. The highest BCUT2D eigenvalue weighted by molar-refractivity contribution is 6.22. The summed E-state index contributed by atoms with van der Waals surface area (Å²) < 4.78 is 0. The average Bonchev–Trinajstić information content (AvgIpc) is 2.26. The third-order valence-electron chi connectivity index (χ3n) is 3.57. The third kappa shape index (κ3) is 3.15. The van der Waals surface area contributed by atoms with Gasteiger partial charge in [-0.15, -0.1) is 0 Å². The first-order chi connectivity index (χ1) is 7.99. The summed E-state index contributed by atoms with van der Waals surface area (Å²) in [5.41, 5.74) is 3.56. The highest BCUT2D eigenvalue weighted by Gasteiger charge is 2.25. The van der Waals surface area contributed by atoms with E-state index in [4.69, 9.17) is 0 Å². The van der Waals surface area contributed by atoms with Crippen molar-refractivity contribution in [3.63, 3.8) is 0 Å². The van der Waals surface area contributed by atoms with Crippen molar-refractivity contribution in [2.24, 2.45) is 0 Å². The quantitative estimate of drug-likeness (QED) is 0.536. The van der Waals surface area contributed by atoms with Gasteiger partial charge in [-0.25, -0.2) is 0 Å². The van der Waals surface area contributed by atoms with Gasteiger partial charge in [0.25, 0.3) is 0 Å². The van der Waals surface area contributed by atoms with E-state index in [0.717, 1.165) is 36.0 Å². The second-order valence-electron chi connectivity index (χ2n) is 4.89. The summed E-state index contributed by atoms with van der Waals surface area (Å²) in [6, 6.07) is 0. The average molecular weight is 234 g/mol. The van der Waals surface area contributed by atoms with Crippen LogP contribution in [0.1, 0.15) is 59.8 Å². The normalized spacial score (nSPS) is 16.8. The molecule has 94 valence electrons. The van der Waals surface area contributed by atoms with Crippen molar-refractivity contribution in [2.45, 2.75) is 59.8 Å². The molecule has 2 nitrogen and oxygen atoms in total. The number of hydrogen-bond donors (Lipinski definition) is 0. The van der Waals surface area contributed by atoms with Crippen LogP contribution in [0.25, 0.3) is 0 Å². The molecule has 0 N–H and O–H groups in total. The minimum absolute atomic E-state index is 0.00657. The number of unbranched alkanes of at least 4 members (excludes halogenated alkanes) is 2. The predicted molar refractivity (Wildman–Crippen MR) is 69.8 cm³/mol. The lowest BCUT2D eigenvalue weighted by Gasteiger charge is -2.19. The molecule has 0 aromatic rings. The summed E-state index contributed by atoms with van der Waals surface area (Å²) in [6.07, 6.45) is 3.97. The number of ketones is 2. The first-order valence-electron chi connectivity index (χ1n) is 6.43. The highest BCUT2D eigenvalue weighted by Crippen LogP contribution is 2.28. The van der Waals surface area contributed by atoms with E-state index < -0.39 is 0 Å². The van der Waals surface area contributed by atoms with Gasteiger partial charge in [-0.2, -0.15) is 0 Å². The zero-order valence-electron chi connectivity index (χ0n) is 11.4. The van der Waals surface area contributed by atoms with Gasteiger partial charge in [-0.05, 0) is 38.3 Å². The van der Waals surface area contributed by atoms with Gasteiger partial charge in [0.15, 0.2) is 11.6 Å².